The van der Waals surface area contributed by atoms with Crippen LogP contribution in [0, 0.1) is 5.95 Å². The molecule has 0 radical (unpaired) electrons. The quantitative estimate of drug-likeness (QED) is 0.774. The first kappa shape index (κ1) is 14.5. The average molecular weight is 327 g/mol. The Labute approximate surface area is 136 Å². The number of amides is 1. The van der Waals surface area contributed by atoms with Crippen molar-refractivity contribution < 1.29 is 9.18 Å². The van der Waals surface area contributed by atoms with Crippen molar-refractivity contribution in [2.45, 2.75) is 13.1 Å². The van der Waals surface area contributed by atoms with Crippen molar-refractivity contribution in [1.29, 1.82) is 0 Å². The highest BCUT2D eigenvalue weighted by Crippen LogP contribution is 2.17. The Morgan fingerprint density at radius 2 is 1.92 bits per heavy atom. The van der Waals surface area contributed by atoms with Crippen LogP contribution in [0.1, 0.15) is 16.4 Å². The lowest BCUT2D eigenvalue weighted by atomic mass is 10.3. The van der Waals surface area contributed by atoms with Crippen molar-refractivity contribution in [3.05, 3.63) is 41.9 Å². The van der Waals surface area contributed by atoms with E-state index in [0.717, 1.165) is 0 Å². The lowest BCUT2D eigenvalue weighted by molar-refractivity contribution is 0.0740. The van der Waals surface area contributed by atoms with E-state index in [0.29, 0.717) is 35.8 Å². The molecule has 1 N–H and O–H groups in total. The summed E-state index contributed by atoms with van der Waals surface area (Å²) >= 11 is 0. The van der Waals surface area contributed by atoms with Gasteiger partial charge < -0.3 is 14.8 Å². The van der Waals surface area contributed by atoms with E-state index < -0.39 is 5.95 Å². The minimum Gasteiger partial charge on any atom is -0.359 e. The molecular formula is C15H14FN7O. The fourth-order valence-electron chi connectivity index (χ4n) is 2.64. The van der Waals surface area contributed by atoms with E-state index in [-0.39, 0.29) is 18.3 Å². The van der Waals surface area contributed by atoms with Crippen LogP contribution in [0.2, 0.25) is 0 Å². The number of anilines is 1. The number of rotatable bonds is 3. The first-order valence-electron chi connectivity index (χ1n) is 7.47. The van der Waals surface area contributed by atoms with Gasteiger partial charge >= 0.3 is 0 Å². The molecule has 0 bridgehead atoms. The zero-order valence-electron chi connectivity index (χ0n) is 12.9. The van der Waals surface area contributed by atoms with Gasteiger partial charge in [-0.2, -0.15) is 4.39 Å². The predicted octanol–water partition coefficient (Wildman–Crippen LogP) is 1.06. The summed E-state index contributed by atoms with van der Waals surface area (Å²) < 4.78 is 15.8. The molecule has 0 aliphatic carbocycles. The number of para-hydroxylation sites is 2. The molecule has 1 amide bonds. The maximum Gasteiger partial charge on any atom is 0.291 e. The lowest BCUT2D eigenvalue weighted by Crippen LogP contribution is -2.38. The van der Waals surface area contributed by atoms with Gasteiger partial charge in [-0.3, -0.25) is 4.79 Å². The van der Waals surface area contributed by atoms with Gasteiger partial charge in [0.2, 0.25) is 5.82 Å². The van der Waals surface area contributed by atoms with Crippen LogP contribution in [-0.2, 0) is 13.1 Å². The molecule has 0 saturated carbocycles. The summed E-state index contributed by atoms with van der Waals surface area (Å²) in [5, 5.41) is 10.8. The van der Waals surface area contributed by atoms with E-state index in [4.69, 9.17) is 0 Å². The Morgan fingerprint density at radius 3 is 2.71 bits per heavy atom. The van der Waals surface area contributed by atoms with Crippen LogP contribution in [0.25, 0.3) is 11.0 Å². The zero-order chi connectivity index (χ0) is 16.7. The third-order valence-electron chi connectivity index (χ3n) is 3.97. The topological polar surface area (TPSA) is 88.8 Å². The Morgan fingerprint density at radius 1 is 1.17 bits per heavy atom. The second kappa shape index (κ2) is 5.52. The van der Waals surface area contributed by atoms with Gasteiger partial charge in [0.25, 0.3) is 11.9 Å². The Hall–Kier alpha value is -3.10. The monoisotopic (exact) mass is 327 g/mol. The van der Waals surface area contributed by atoms with Crippen LogP contribution < -0.4 is 5.32 Å². The van der Waals surface area contributed by atoms with Crippen molar-refractivity contribution >= 4 is 22.8 Å². The third kappa shape index (κ3) is 2.34. The van der Waals surface area contributed by atoms with E-state index in [9.17, 15) is 9.18 Å². The standard InChI is InChI=1S/C15H14FN7O/c1-22-6-7-23-11(20-21-14(23)15(22)24)8-17-13-12(16)18-9-4-2-3-5-10(9)19-13/h2-5H,6-8H2,1H3,(H,17,19). The normalized spacial score (nSPS) is 14.1. The van der Waals surface area contributed by atoms with Gasteiger partial charge in [-0.1, -0.05) is 12.1 Å². The van der Waals surface area contributed by atoms with Crippen LogP contribution >= 0.6 is 0 Å². The number of nitrogens with zero attached hydrogens (tertiary/aromatic N) is 6. The molecule has 1 aliphatic rings. The summed E-state index contributed by atoms with van der Waals surface area (Å²) in [4.78, 5) is 21.7. The summed E-state index contributed by atoms with van der Waals surface area (Å²) in [6.07, 6.45) is 0. The number of hydrogen-bond donors (Lipinski definition) is 1. The third-order valence-corrected chi connectivity index (χ3v) is 3.97. The molecule has 0 fully saturated rings. The molecule has 8 nitrogen and oxygen atoms in total. The molecule has 3 aromatic rings. The number of benzene rings is 1. The molecule has 0 spiro atoms. The number of aromatic nitrogens is 5. The van der Waals surface area contributed by atoms with Crippen molar-refractivity contribution in [3.8, 4) is 0 Å². The average Bonchev–Trinajstić information content (AvgIpc) is 3.00. The van der Waals surface area contributed by atoms with Crippen molar-refractivity contribution in [2.24, 2.45) is 0 Å². The number of carbonyl (C=O) groups excluding carboxylic acids is 1. The highest BCUT2D eigenvalue weighted by atomic mass is 19.1. The van der Waals surface area contributed by atoms with Gasteiger partial charge in [0, 0.05) is 20.1 Å². The maximum atomic E-state index is 14.1. The predicted molar refractivity (Wildman–Crippen MR) is 83.8 cm³/mol. The van der Waals surface area contributed by atoms with Gasteiger partial charge in [-0.05, 0) is 12.1 Å². The lowest BCUT2D eigenvalue weighted by Gasteiger charge is -2.23. The van der Waals surface area contributed by atoms with E-state index in [1.54, 1.807) is 34.7 Å². The van der Waals surface area contributed by atoms with Crippen molar-refractivity contribution in [2.75, 3.05) is 18.9 Å². The number of halogens is 1. The zero-order valence-corrected chi connectivity index (χ0v) is 12.9. The van der Waals surface area contributed by atoms with Gasteiger partial charge in [0.15, 0.2) is 11.6 Å². The summed E-state index contributed by atoms with van der Waals surface area (Å²) in [7, 11) is 1.72. The molecule has 3 heterocycles. The molecule has 1 aromatic carbocycles. The van der Waals surface area contributed by atoms with Crippen molar-refractivity contribution in [3.63, 3.8) is 0 Å². The highest BCUT2D eigenvalue weighted by molar-refractivity contribution is 5.91. The molecule has 2 aromatic heterocycles. The molecule has 122 valence electrons. The Bertz CT molecular complexity index is 939. The number of hydrogen-bond acceptors (Lipinski definition) is 6. The number of likely N-dealkylation sites (N-methyl/N-ethyl adjacent to an activating group) is 1. The van der Waals surface area contributed by atoms with Crippen LogP contribution in [0.15, 0.2) is 24.3 Å². The molecule has 1 aliphatic heterocycles. The van der Waals surface area contributed by atoms with Crippen LogP contribution in [0.4, 0.5) is 10.2 Å². The molecule has 24 heavy (non-hydrogen) atoms. The fraction of sp³-hybridized carbons (Fsp3) is 0.267. The Balaban J connectivity index is 1.59. The molecule has 0 atom stereocenters. The van der Waals surface area contributed by atoms with E-state index in [1.165, 1.54) is 0 Å². The number of nitrogens with one attached hydrogen (secondary N) is 1. The van der Waals surface area contributed by atoms with E-state index in [2.05, 4.69) is 25.5 Å². The van der Waals surface area contributed by atoms with Crippen LogP contribution in [0.3, 0.4) is 0 Å². The van der Waals surface area contributed by atoms with E-state index in [1.807, 2.05) is 6.07 Å². The SMILES string of the molecule is CN1CCn2c(CNc3nc4ccccc4nc3F)nnc2C1=O. The Kier molecular flexibility index (Phi) is 3.33. The molecule has 9 heteroatoms. The smallest absolute Gasteiger partial charge is 0.291 e. The van der Waals surface area contributed by atoms with Crippen molar-refractivity contribution in [1.82, 2.24) is 29.6 Å². The first-order valence-corrected chi connectivity index (χ1v) is 7.47. The summed E-state index contributed by atoms with van der Waals surface area (Å²) in [5.41, 5.74) is 1.09. The maximum absolute atomic E-state index is 14.1. The number of carbonyl (C=O) groups is 1. The minimum atomic E-state index is -0.678. The minimum absolute atomic E-state index is 0.0466. The number of fused-ring (bicyclic) bond motifs is 2. The van der Waals surface area contributed by atoms with Crippen LogP contribution in [-0.4, -0.2) is 49.1 Å². The summed E-state index contributed by atoms with van der Waals surface area (Å²) in [6.45, 7) is 1.39. The second-order valence-electron chi connectivity index (χ2n) is 5.52. The fourth-order valence-corrected chi connectivity index (χ4v) is 2.64. The molecule has 0 saturated heterocycles. The van der Waals surface area contributed by atoms with Gasteiger partial charge in [-0.15, -0.1) is 10.2 Å². The van der Waals surface area contributed by atoms with Gasteiger partial charge in [-0.25, -0.2) is 9.97 Å². The molecule has 4 rings (SSSR count). The van der Waals surface area contributed by atoms with Gasteiger partial charge in [0.05, 0.1) is 17.6 Å². The van der Waals surface area contributed by atoms with E-state index >= 15 is 0 Å². The van der Waals surface area contributed by atoms with Crippen LogP contribution in [0.5, 0.6) is 0 Å². The largest absolute Gasteiger partial charge is 0.359 e. The summed E-state index contributed by atoms with van der Waals surface area (Å²) in [5.74, 6) is 0.0521. The summed E-state index contributed by atoms with van der Waals surface area (Å²) in [6, 6.07) is 7.06. The van der Waals surface area contributed by atoms with Gasteiger partial charge in [0.1, 0.15) is 0 Å². The molecule has 0 unspecified atom stereocenters. The first-order chi connectivity index (χ1) is 11.6. The second-order valence-corrected chi connectivity index (χ2v) is 5.52. The highest BCUT2D eigenvalue weighted by Gasteiger charge is 2.26. The molecular weight excluding hydrogens is 313 g/mol.